The predicted molar refractivity (Wildman–Crippen MR) is 87.9 cm³/mol. The molecule has 0 aliphatic rings. The molecule has 0 bridgehead atoms. The average molecular weight is 302 g/mol. The molecule has 1 atom stereocenters. The maximum atomic E-state index is 12.4. The highest BCUT2D eigenvalue weighted by molar-refractivity contribution is 6.33. The van der Waals surface area contributed by atoms with Gasteiger partial charge in [-0.1, -0.05) is 48.9 Å². The number of aryl methyl sites for hydroxylation is 2. The molecule has 2 aromatic rings. The topological polar surface area (TPSA) is 29.1 Å². The molecule has 0 aliphatic heterocycles. The van der Waals surface area contributed by atoms with Gasteiger partial charge in [-0.05, 0) is 49.1 Å². The molecule has 0 heterocycles. The lowest BCUT2D eigenvalue weighted by Crippen LogP contribution is -2.28. The van der Waals surface area contributed by atoms with Gasteiger partial charge in [0.25, 0.3) is 5.91 Å². The lowest BCUT2D eigenvalue weighted by Gasteiger charge is -2.19. The summed E-state index contributed by atoms with van der Waals surface area (Å²) in [5.41, 5.74) is 4.13. The minimum Gasteiger partial charge on any atom is -0.345 e. The highest BCUT2D eigenvalue weighted by atomic mass is 35.5. The van der Waals surface area contributed by atoms with Crippen LogP contribution in [0.2, 0.25) is 5.02 Å². The molecule has 0 unspecified atom stereocenters. The Morgan fingerprint density at radius 1 is 1.14 bits per heavy atom. The summed E-state index contributed by atoms with van der Waals surface area (Å²) in [6.07, 6.45) is 0.832. The monoisotopic (exact) mass is 301 g/mol. The smallest absolute Gasteiger partial charge is 0.253 e. The Bertz CT molecular complexity index is 651. The third-order valence-electron chi connectivity index (χ3n) is 3.77. The maximum absolute atomic E-state index is 12.4. The van der Waals surface area contributed by atoms with E-state index in [2.05, 4.69) is 44.3 Å². The Morgan fingerprint density at radius 3 is 2.48 bits per heavy atom. The van der Waals surface area contributed by atoms with Crippen LogP contribution in [-0.2, 0) is 0 Å². The van der Waals surface area contributed by atoms with Crippen molar-refractivity contribution in [2.45, 2.75) is 33.2 Å². The Kier molecular flexibility index (Phi) is 5.03. The quantitative estimate of drug-likeness (QED) is 0.860. The van der Waals surface area contributed by atoms with Crippen molar-refractivity contribution >= 4 is 17.5 Å². The van der Waals surface area contributed by atoms with Crippen molar-refractivity contribution in [2.24, 2.45) is 0 Å². The summed E-state index contributed by atoms with van der Waals surface area (Å²) in [5, 5.41) is 3.54. The molecule has 0 radical (unpaired) electrons. The fourth-order valence-corrected chi connectivity index (χ4v) is 2.51. The van der Waals surface area contributed by atoms with Gasteiger partial charge in [0.2, 0.25) is 0 Å². The van der Waals surface area contributed by atoms with Crippen molar-refractivity contribution in [1.29, 1.82) is 0 Å². The second kappa shape index (κ2) is 6.77. The minimum atomic E-state index is -0.134. The van der Waals surface area contributed by atoms with Crippen LogP contribution >= 0.6 is 11.6 Å². The summed E-state index contributed by atoms with van der Waals surface area (Å²) in [6.45, 7) is 6.23. The molecule has 1 N–H and O–H groups in total. The molecule has 0 fully saturated rings. The van der Waals surface area contributed by atoms with Crippen LogP contribution in [0.3, 0.4) is 0 Å². The fourth-order valence-electron chi connectivity index (χ4n) is 2.28. The van der Waals surface area contributed by atoms with Crippen molar-refractivity contribution in [1.82, 2.24) is 5.32 Å². The lowest BCUT2D eigenvalue weighted by molar-refractivity contribution is 0.0935. The third kappa shape index (κ3) is 3.64. The largest absolute Gasteiger partial charge is 0.345 e. The highest BCUT2D eigenvalue weighted by Crippen LogP contribution is 2.22. The van der Waals surface area contributed by atoms with E-state index in [1.54, 1.807) is 12.1 Å². The maximum Gasteiger partial charge on any atom is 0.253 e. The summed E-state index contributed by atoms with van der Waals surface area (Å²) in [6, 6.07) is 13.4. The average Bonchev–Trinajstić information content (AvgIpc) is 2.48. The fraction of sp³-hybridized carbons (Fsp3) is 0.278. The number of carbonyl (C=O) groups excluding carboxylic acids is 1. The number of hydrogen-bond acceptors (Lipinski definition) is 1. The number of rotatable bonds is 4. The van der Waals surface area contributed by atoms with Crippen LogP contribution in [0.1, 0.15) is 46.4 Å². The summed E-state index contributed by atoms with van der Waals surface area (Å²) >= 11 is 6.08. The molecule has 2 aromatic carbocycles. The van der Waals surface area contributed by atoms with Crippen LogP contribution in [0.15, 0.2) is 42.5 Å². The second-order valence-electron chi connectivity index (χ2n) is 5.26. The molecule has 2 nitrogen and oxygen atoms in total. The van der Waals surface area contributed by atoms with Gasteiger partial charge in [-0.25, -0.2) is 0 Å². The number of benzene rings is 2. The summed E-state index contributed by atoms with van der Waals surface area (Å²) in [4.78, 5) is 12.4. The van der Waals surface area contributed by atoms with Crippen molar-refractivity contribution in [3.8, 4) is 0 Å². The zero-order valence-electron chi connectivity index (χ0n) is 12.6. The third-order valence-corrected chi connectivity index (χ3v) is 4.09. The Balaban J connectivity index is 2.21. The van der Waals surface area contributed by atoms with E-state index in [-0.39, 0.29) is 11.9 Å². The van der Waals surface area contributed by atoms with Gasteiger partial charge in [0.15, 0.2) is 0 Å². The van der Waals surface area contributed by atoms with Crippen molar-refractivity contribution in [3.05, 3.63) is 69.7 Å². The van der Waals surface area contributed by atoms with Crippen molar-refractivity contribution in [2.75, 3.05) is 0 Å². The van der Waals surface area contributed by atoms with Gasteiger partial charge in [0.05, 0.1) is 16.6 Å². The molecule has 110 valence electrons. The van der Waals surface area contributed by atoms with Gasteiger partial charge >= 0.3 is 0 Å². The Hall–Kier alpha value is -1.80. The Morgan fingerprint density at radius 2 is 1.86 bits per heavy atom. The lowest BCUT2D eigenvalue weighted by atomic mass is 9.99. The summed E-state index contributed by atoms with van der Waals surface area (Å²) in [5.74, 6) is -0.134. The van der Waals surface area contributed by atoms with Gasteiger partial charge in [-0.15, -0.1) is 0 Å². The first kappa shape index (κ1) is 15.6. The van der Waals surface area contributed by atoms with Gasteiger partial charge in [-0.2, -0.15) is 0 Å². The molecule has 2 rings (SSSR count). The predicted octanol–water partition coefficient (Wildman–Crippen LogP) is 4.84. The first-order chi connectivity index (χ1) is 10.0. The Labute approximate surface area is 131 Å². The molecular weight excluding hydrogens is 282 g/mol. The summed E-state index contributed by atoms with van der Waals surface area (Å²) < 4.78 is 0. The number of amides is 1. The molecule has 0 saturated carbocycles. The SMILES string of the molecule is CC[C@@H](NC(=O)c1ccccc1Cl)c1ccc(C)c(C)c1. The molecule has 3 heteroatoms. The molecule has 21 heavy (non-hydrogen) atoms. The van der Waals surface area contributed by atoms with Crippen LogP contribution in [-0.4, -0.2) is 5.91 Å². The van der Waals surface area contributed by atoms with Crippen LogP contribution in [0.4, 0.5) is 0 Å². The molecule has 0 spiro atoms. The van der Waals surface area contributed by atoms with Crippen LogP contribution in [0.5, 0.6) is 0 Å². The zero-order chi connectivity index (χ0) is 15.4. The van der Waals surface area contributed by atoms with E-state index in [1.165, 1.54) is 11.1 Å². The minimum absolute atomic E-state index is 0.00641. The van der Waals surface area contributed by atoms with E-state index in [0.29, 0.717) is 10.6 Å². The molecule has 0 aromatic heterocycles. The van der Waals surface area contributed by atoms with E-state index in [0.717, 1.165) is 12.0 Å². The highest BCUT2D eigenvalue weighted by Gasteiger charge is 2.16. The molecule has 0 saturated heterocycles. The first-order valence-electron chi connectivity index (χ1n) is 7.15. The van der Waals surface area contributed by atoms with Gasteiger partial charge in [0, 0.05) is 0 Å². The van der Waals surface area contributed by atoms with Crippen LogP contribution < -0.4 is 5.32 Å². The van der Waals surface area contributed by atoms with Crippen LogP contribution in [0, 0.1) is 13.8 Å². The van der Waals surface area contributed by atoms with Crippen molar-refractivity contribution in [3.63, 3.8) is 0 Å². The normalized spacial score (nSPS) is 12.0. The first-order valence-corrected chi connectivity index (χ1v) is 7.53. The number of halogens is 1. The molecule has 1 amide bonds. The number of carbonyl (C=O) groups is 1. The van der Waals surface area contributed by atoms with Crippen LogP contribution in [0.25, 0.3) is 0 Å². The zero-order valence-corrected chi connectivity index (χ0v) is 13.4. The second-order valence-corrected chi connectivity index (χ2v) is 5.67. The molecular formula is C18H20ClNO. The van der Waals surface area contributed by atoms with Gasteiger partial charge in [-0.3, -0.25) is 4.79 Å². The van der Waals surface area contributed by atoms with E-state index in [4.69, 9.17) is 11.6 Å². The summed E-state index contributed by atoms with van der Waals surface area (Å²) in [7, 11) is 0. The van der Waals surface area contributed by atoms with E-state index >= 15 is 0 Å². The number of nitrogens with one attached hydrogen (secondary N) is 1. The van der Waals surface area contributed by atoms with Gasteiger partial charge < -0.3 is 5.32 Å². The standard InChI is InChI=1S/C18H20ClNO/c1-4-17(14-10-9-12(2)13(3)11-14)20-18(21)15-7-5-6-8-16(15)19/h5-11,17H,4H2,1-3H3,(H,20,21)/t17-/m1/s1. The van der Waals surface area contributed by atoms with Gasteiger partial charge in [0.1, 0.15) is 0 Å². The van der Waals surface area contributed by atoms with E-state index in [9.17, 15) is 4.79 Å². The number of hydrogen-bond donors (Lipinski definition) is 1. The molecule has 0 aliphatic carbocycles. The van der Waals surface area contributed by atoms with E-state index < -0.39 is 0 Å². The van der Waals surface area contributed by atoms with E-state index in [1.807, 2.05) is 12.1 Å². The van der Waals surface area contributed by atoms with Crippen molar-refractivity contribution < 1.29 is 4.79 Å².